The molecule has 1 aliphatic carbocycles. The van der Waals surface area contributed by atoms with Gasteiger partial charge in [0.15, 0.2) is 11.6 Å². The Morgan fingerprint density at radius 3 is 2.84 bits per heavy atom. The number of fused-ring (bicyclic) bond motifs is 1. The van der Waals surface area contributed by atoms with Crippen molar-refractivity contribution in [2.75, 3.05) is 10.6 Å². The number of nitrogens with one attached hydrogen (secondary N) is 2. The maximum Gasteiger partial charge on any atom is 0.248 e. The number of rotatable bonds is 2. The van der Waals surface area contributed by atoms with Crippen molar-refractivity contribution in [3.05, 3.63) is 10.8 Å². The van der Waals surface area contributed by atoms with Gasteiger partial charge in [0.25, 0.3) is 0 Å². The van der Waals surface area contributed by atoms with Crippen molar-refractivity contribution in [1.82, 2.24) is 9.97 Å². The summed E-state index contributed by atoms with van der Waals surface area (Å²) in [4.78, 5) is 20.5. The van der Waals surface area contributed by atoms with Crippen LogP contribution in [0.5, 0.6) is 0 Å². The van der Waals surface area contributed by atoms with Crippen LogP contribution in [0.2, 0.25) is 0 Å². The van der Waals surface area contributed by atoms with Crippen LogP contribution >= 0.6 is 15.9 Å². The molecule has 0 spiro atoms. The summed E-state index contributed by atoms with van der Waals surface area (Å²) in [6.45, 7) is 0. The fourth-order valence-electron chi connectivity index (χ4n) is 2.92. The molecule has 5 nitrogen and oxygen atoms in total. The van der Waals surface area contributed by atoms with Gasteiger partial charge < -0.3 is 10.6 Å². The first-order chi connectivity index (χ1) is 9.22. The Labute approximate surface area is 120 Å². The van der Waals surface area contributed by atoms with E-state index in [4.69, 9.17) is 0 Å². The number of hydrogen-bond acceptors (Lipinski definition) is 4. The highest BCUT2D eigenvalue weighted by molar-refractivity contribution is 9.10. The minimum Gasteiger partial charge on any atom is -0.355 e. The SMILES string of the molecule is O=C1Nc2ncc(Br)nc2NC1CC1CCCCC1. The van der Waals surface area contributed by atoms with Crippen molar-refractivity contribution < 1.29 is 4.79 Å². The van der Waals surface area contributed by atoms with E-state index in [1.54, 1.807) is 6.20 Å². The molecule has 2 N–H and O–H groups in total. The lowest BCUT2D eigenvalue weighted by molar-refractivity contribution is -0.117. The third-order valence-corrected chi connectivity index (χ3v) is 4.29. The first-order valence-corrected chi connectivity index (χ1v) is 7.61. The molecule has 19 heavy (non-hydrogen) atoms. The predicted octanol–water partition coefficient (Wildman–Crippen LogP) is 2.94. The molecular weight excluding hydrogens is 308 g/mol. The molecule has 3 rings (SSSR count). The molecule has 1 aliphatic heterocycles. The summed E-state index contributed by atoms with van der Waals surface area (Å²) >= 11 is 3.30. The van der Waals surface area contributed by atoms with E-state index in [1.165, 1.54) is 32.1 Å². The largest absolute Gasteiger partial charge is 0.355 e. The quantitative estimate of drug-likeness (QED) is 0.877. The number of hydrogen-bond donors (Lipinski definition) is 2. The van der Waals surface area contributed by atoms with Crippen LogP contribution in [0.4, 0.5) is 11.6 Å². The van der Waals surface area contributed by atoms with Crippen molar-refractivity contribution in [1.29, 1.82) is 0 Å². The van der Waals surface area contributed by atoms with Crippen molar-refractivity contribution in [2.24, 2.45) is 5.92 Å². The van der Waals surface area contributed by atoms with Crippen LogP contribution in [0.1, 0.15) is 38.5 Å². The topological polar surface area (TPSA) is 66.9 Å². The zero-order valence-corrected chi connectivity index (χ0v) is 12.2. The van der Waals surface area contributed by atoms with Crippen molar-refractivity contribution in [2.45, 2.75) is 44.6 Å². The fourth-order valence-corrected chi connectivity index (χ4v) is 3.20. The second-order valence-corrected chi connectivity index (χ2v) is 6.13. The van der Waals surface area contributed by atoms with Gasteiger partial charge >= 0.3 is 0 Å². The number of halogens is 1. The third-order valence-electron chi connectivity index (χ3n) is 3.91. The highest BCUT2D eigenvalue weighted by Gasteiger charge is 2.30. The van der Waals surface area contributed by atoms with Gasteiger partial charge in [-0.2, -0.15) is 0 Å². The molecule has 6 heteroatoms. The molecule has 1 fully saturated rings. The molecule has 1 saturated carbocycles. The molecule has 2 aliphatic rings. The molecule has 0 saturated heterocycles. The molecule has 0 bridgehead atoms. The first kappa shape index (κ1) is 12.8. The van der Waals surface area contributed by atoms with Crippen molar-refractivity contribution in [3.63, 3.8) is 0 Å². The van der Waals surface area contributed by atoms with Gasteiger partial charge in [-0.1, -0.05) is 32.1 Å². The smallest absolute Gasteiger partial charge is 0.248 e. The van der Waals surface area contributed by atoms with Crippen LogP contribution in [-0.2, 0) is 4.79 Å². The summed E-state index contributed by atoms with van der Waals surface area (Å²) in [5.74, 6) is 1.84. The maximum atomic E-state index is 12.1. The number of carbonyl (C=O) groups is 1. The standard InChI is InChI=1S/C13H17BrN4O/c14-10-7-15-11-12(17-10)16-9(13(19)18-11)6-8-4-2-1-3-5-8/h7-9H,1-6H2,(H,16,17)(H,15,18,19). The molecule has 1 amide bonds. The number of nitrogens with zero attached hydrogens (tertiary/aromatic N) is 2. The molecule has 1 unspecified atom stereocenters. The summed E-state index contributed by atoms with van der Waals surface area (Å²) in [7, 11) is 0. The molecular formula is C13H17BrN4O. The van der Waals surface area contributed by atoms with Crippen molar-refractivity contribution >= 4 is 33.5 Å². The average Bonchev–Trinajstić information content (AvgIpc) is 2.41. The van der Waals surface area contributed by atoms with Crippen molar-refractivity contribution in [3.8, 4) is 0 Å². The van der Waals surface area contributed by atoms with Gasteiger partial charge in [-0.15, -0.1) is 0 Å². The Kier molecular flexibility index (Phi) is 3.68. The van der Waals surface area contributed by atoms with E-state index in [1.807, 2.05) is 0 Å². The van der Waals surface area contributed by atoms with E-state index in [0.29, 0.717) is 22.2 Å². The van der Waals surface area contributed by atoms with E-state index in [-0.39, 0.29) is 11.9 Å². The van der Waals surface area contributed by atoms with Gasteiger partial charge in [0.2, 0.25) is 5.91 Å². The van der Waals surface area contributed by atoms with Gasteiger partial charge in [-0.3, -0.25) is 4.79 Å². The summed E-state index contributed by atoms with van der Waals surface area (Å²) in [5.41, 5.74) is 0. The Bertz CT molecular complexity index is 488. The number of anilines is 2. The Balaban J connectivity index is 1.71. The van der Waals surface area contributed by atoms with Gasteiger partial charge in [-0.25, -0.2) is 9.97 Å². The number of amides is 1. The summed E-state index contributed by atoms with van der Waals surface area (Å²) in [5, 5.41) is 6.05. The van der Waals surface area contributed by atoms with Crippen LogP contribution in [0.3, 0.4) is 0 Å². The third kappa shape index (κ3) is 2.88. The van der Waals surface area contributed by atoms with E-state index in [2.05, 4.69) is 36.5 Å². The molecule has 1 aromatic heterocycles. The van der Waals surface area contributed by atoms with E-state index in [9.17, 15) is 4.79 Å². The number of carbonyl (C=O) groups excluding carboxylic acids is 1. The van der Waals surface area contributed by atoms with Crippen LogP contribution in [-0.4, -0.2) is 21.9 Å². The lowest BCUT2D eigenvalue weighted by Crippen LogP contribution is -2.41. The minimum absolute atomic E-state index is 0.00898. The second-order valence-electron chi connectivity index (χ2n) is 5.32. The molecule has 2 heterocycles. The highest BCUT2D eigenvalue weighted by Crippen LogP contribution is 2.31. The fraction of sp³-hybridized carbons (Fsp3) is 0.615. The molecule has 102 valence electrons. The van der Waals surface area contributed by atoms with E-state index in [0.717, 1.165) is 6.42 Å². The zero-order valence-electron chi connectivity index (χ0n) is 10.7. The Morgan fingerprint density at radius 1 is 1.26 bits per heavy atom. The van der Waals surface area contributed by atoms with Gasteiger partial charge in [0.1, 0.15) is 10.6 Å². The zero-order chi connectivity index (χ0) is 13.2. The molecule has 1 atom stereocenters. The van der Waals surface area contributed by atoms with Gasteiger partial charge in [-0.05, 0) is 28.3 Å². The lowest BCUT2D eigenvalue weighted by atomic mass is 9.84. The molecule has 0 radical (unpaired) electrons. The molecule has 1 aromatic rings. The molecule has 0 aromatic carbocycles. The van der Waals surface area contributed by atoms with E-state index >= 15 is 0 Å². The summed E-state index contributed by atoms with van der Waals surface area (Å²) in [6.07, 6.45) is 8.87. The second kappa shape index (κ2) is 5.45. The Morgan fingerprint density at radius 2 is 2.05 bits per heavy atom. The van der Waals surface area contributed by atoms with Crippen LogP contribution in [0.15, 0.2) is 10.8 Å². The normalized spacial score (nSPS) is 23.4. The average molecular weight is 325 g/mol. The summed E-state index contributed by atoms with van der Waals surface area (Å²) < 4.78 is 0.673. The number of aromatic nitrogens is 2. The summed E-state index contributed by atoms with van der Waals surface area (Å²) in [6, 6.07) is -0.181. The first-order valence-electron chi connectivity index (χ1n) is 6.82. The maximum absolute atomic E-state index is 12.1. The monoisotopic (exact) mass is 324 g/mol. The van der Waals surface area contributed by atoms with Gasteiger partial charge in [0.05, 0.1) is 6.20 Å². The highest BCUT2D eigenvalue weighted by atomic mass is 79.9. The predicted molar refractivity (Wildman–Crippen MR) is 77.0 cm³/mol. The van der Waals surface area contributed by atoms with Crippen LogP contribution < -0.4 is 10.6 Å². The van der Waals surface area contributed by atoms with Crippen LogP contribution in [0.25, 0.3) is 0 Å². The van der Waals surface area contributed by atoms with E-state index < -0.39 is 0 Å². The van der Waals surface area contributed by atoms with Crippen LogP contribution in [0, 0.1) is 5.92 Å². The minimum atomic E-state index is -0.181. The Hall–Kier alpha value is -1.17. The van der Waals surface area contributed by atoms with Gasteiger partial charge in [0, 0.05) is 0 Å². The lowest BCUT2D eigenvalue weighted by Gasteiger charge is -2.29.